The van der Waals surface area contributed by atoms with Crippen LogP contribution in [0.15, 0.2) is 75.9 Å². The van der Waals surface area contributed by atoms with E-state index in [1.807, 2.05) is 42.5 Å². The summed E-state index contributed by atoms with van der Waals surface area (Å²) < 4.78 is 10.4. The van der Waals surface area contributed by atoms with Crippen LogP contribution in [0, 0.1) is 0 Å². The van der Waals surface area contributed by atoms with Crippen LogP contribution >= 0.6 is 0 Å². The highest BCUT2D eigenvalue weighted by molar-refractivity contribution is 5.92. The Labute approximate surface area is 171 Å². The first-order valence-corrected chi connectivity index (χ1v) is 9.47. The molecule has 0 saturated carbocycles. The molecule has 0 aliphatic carbocycles. The molecule has 7 heteroatoms. The molecular formula is C23H18N4O3. The molecule has 0 spiro atoms. The second-order valence-electron chi connectivity index (χ2n) is 6.87. The molecule has 2 aromatic carbocycles. The van der Waals surface area contributed by atoms with Gasteiger partial charge in [-0.05, 0) is 35.4 Å². The standard InChI is InChI=1S/C23H18N4O3/c1-29-16-10-11-17-18(21(25-20(17)13-16)14-6-3-2-4-7-14)12-15-8-5-9-19(24-15)22-26-27-23(28)30-22/h2-11,13,25H,12H2,1H3,(H,27,28). The molecular weight excluding hydrogens is 380 g/mol. The minimum atomic E-state index is -0.603. The van der Waals surface area contributed by atoms with Gasteiger partial charge in [0.05, 0.1) is 12.8 Å². The molecule has 0 saturated heterocycles. The Balaban J connectivity index is 1.62. The second-order valence-corrected chi connectivity index (χ2v) is 6.87. The van der Waals surface area contributed by atoms with Gasteiger partial charge >= 0.3 is 5.76 Å². The smallest absolute Gasteiger partial charge is 0.434 e. The first kappa shape index (κ1) is 17.9. The maximum atomic E-state index is 11.3. The summed E-state index contributed by atoms with van der Waals surface area (Å²) >= 11 is 0. The van der Waals surface area contributed by atoms with Crippen LogP contribution < -0.4 is 10.5 Å². The molecule has 30 heavy (non-hydrogen) atoms. The molecule has 0 aliphatic heterocycles. The fourth-order valence-corrected chi connectivity index (χ4v) is 3.61. The van der Waals surface area contributed by atoms with Crippen LogP contribution in [0.1, 0.15) is 11.3 Å². The van der Waals surface area contributed by atoms with Gasteiger partial charge in [0.2, 0.25) is 0 Å². The summed E-state index contributed by atoms with van der Waals surface area (Å²) in [6, 6.07) is 21.8. The van der Waals surface area contributed by atoms with Crippen LogP contribution in [0.2, 0.25) is 0 Å². The van der Waals surface area contributed by atoms with E-state index in [9.17, 15) is 4.79 Å². The lowest BCUT2D eigenvalue weighted by Gasteiger charge is -2.06. The van der Waals surface area contributed by atoms with Crippen LogP contribution in [-0.2, 0) is 6.42 Å². The zero-order valence-corrected chi connectivity index (χ0v) is 16.2. The lowest BCUT2D eigenvalue weighted by molar-refractivity contribution is 0.415. The topological polar surface area (TPSA) is 96.8 Å². The van der Waals surface area contributed by atoms with Crippen LogP contribution in [-0.4, -0.2) is 27.3 Å². The maximum absolute atomic E-state index is 11.3. The minimum absolute atomic E-state index is 0.175. The van der Waals surface area contributed by atoms with Crippen LogP contribution in [0.3, 0.4) is 0 Å². The van der Waals surface area contributed by atoms with Crippen LogP contribution in [0.25, 0.3) is 33.7 Å². The Morgan fingerprint density at radius 2 is 1.90 bits per heavy atom. The van der Waals surface area contributed by atoms with Crippen molar-refractivity contribution in [2.24, 2.45) is 0 Å². The van der Waals surface area contributed by atoms with Gasteiger partial charge in [0.1, 0.15) is 11.4 Å². The van der Waals surface area contributed by atoms with Crippen molar-refractivity contribution in [2.45, 2.75) is 6.42 Å². The van der Waals surface area contributed by atoms with E-state index in [1.54, 1.807) is 13.2 Å². The highest BCUT2D eigenvalue weighted by Crippen LogP contribution is 2.33. The Morgan fingerprint density at radius 1 is 1.03 bits per heavy atom. The maximum Gasteiger partial charge on any atom is 0.434 e. The number of fused-ring (bicyclic) bond motifs is 1. The number of methoxy groups -OCH3 is 1. The van der Waals surface area contributed by atoms with Crippen molar-refractivity contribution < 1.29 is 9.15 Å². The number of H-pyrrole nitrogens is 2. The first-order chi connectivity index (χ1) is 14.7. The molecule has 7 nitrogen and oxygen atoms in total. The van der Waals surface area contributed by atoms with Gasteiger partial charge in [-0.15, -0.1) is 5.10 Å². The number of nitrogens with zero attached hydrogens (tertiary/aromatic N) is 2. The van der Waals surface area contributed by atoms with Gasteiger partial charge in [0.15, 0.2) is 0 Å². The highest BCUT2D eigenvalue weighted by atomic mass is 16.5. The van der Waals surface area contributed by atoms with E-state index >= 15 is 0 Å². The second kappa shape index (κ2) is 7.36. The van der Waals surface area contributed by atoms with E-state index in [1.165, 1.54) is 0 Å². The molecule has 0 radical (unpaired) electrons. The normalized spacial score (nSPS) is 11.1. The summed E-state index contributed by atoms with van der Waals surface area (Å²) in [6.07, 6.45) is 0.596. The van der Waals surface area contributed by atoms with Gasteiger partial charge in [-0.1, -0.05) is 36.4 Å². The van der Waals surface area contributed by atoms with Crippen molar-refractivity contribution in [1.29, 1.82) is 0 Å². The number of hydrogen-bond acceptors (Lipinski definition) is 5. The summed E-state index contributed by atoms with van der Waals surface area (Å²) in [5, 5.41) is 7.25. The van der Waals surface area contributed by atoms with Crippen LogP contribution in [0.5, 0.6) is 5.75 Å². The van der Waals surface area contributed by atoms with Crippen molar-refractivity contribution in [3.8, 4) is 28.6 Å². The molecule has 0 atom stereocenters. The Bertz CT molecular complexity index is 1380. The fraction of sp³-hybridized carbons (Fsp3) is 0.0870. The van der Waals surface area contributed by atoms with Crippen molar-refractivity contribution in [2.75, 3.05) is 7.11 Å². The largest absolute Gasteiger partial charge is 0.497 e. The van der Waals surface area contributed by atoms with Gasteiger partial charge < -0.3 is 14.1 Å². The summed E-state index contributed by atoms with van der Waals surface area (Å²) in [6.45, 7) is 0. The molecule has 3 aromatic heterocycles. The zero-order chi connectivity index (χ0) is 20.5. The van der Waals surface area contributed by atoms with Gasteiger partial charge in [0, 0.05) is 29.1 Å². The number of hydrogen-bond donors (Lipinski definition) is 2. The van der Waals surface area contributed by atoms with E-state index in [0.29, 0.717) is 12.1 Å². The van der Waals surface area contributed by atoms with E-state index in [4.69, 9.17) is 9.15 Å². The molecule has 0 aliphatic rings. The average molecular weight is 398 g/mol. The summed E-state index contributed by atoms with van der Waals surface area (Å²) in [4.78, 5) is 19.5. The average Bonchev–Trinajstić information content (AvgIpc) is 3.38. The Hall–Kier alpha value is -4.13. The van der Waals surface area contributed by atoms with Gasteiger partial charge in [-0.2, -0.15) is 0 Å². The Morgan fingerprint density at radius 3 is 2.67 bits per heavy atom. The lowest BCUT2D eigenvalue weighted by Crippen LogP contribution is -1.96. The molecule has 3 heterocycles. The third-order valence-electron chi connectivity index (χ3n) is 5.00. The molecule has 0 unspecified atom stereocenters. The number of benzene rings is 2. The quantitative estimate of drug-likeness (QED) is 0.463. The molecule has 0 bridgehead atoms. The lowest BCUT2D eigenvalue weighted by atomic mass is 10.0. The molecule has 2 N–H and O–H groups in total. The number of rotatable bonds is 5. The number of aromatic amines is 2. The van der Waals surface area contributed by atoms with Gasteiger partial charge in [-0.25, -0.2) is 14.9 Å². The molecule has 0 fully saturated rings. The predicted octanol–water partition coefficient (Wildman–Crippen LogP) is 4.17. The van der Waals surface area contributed by atoms with E-state index in [2.05, 4.69) is 38.4 Å². The van der Waals surface area contributed by atoms with Crippen LogP contribution in [0.4, 0.5) is 0 Å². The number of aromatic nitrogens is 4. The molecule has 148 valence electrons. The highest BCUT2D eigenvalue weighted by Gasteiger charge is 2.16. The van der Waals surface area contributed by atoms with Crippen molar-refractivity contribution in [3.63, 3.8) is 0 Å². The van der Waals surface area contributed by atoms with Gasteiger partial charge in [0.25, 0.3) is 5.89 Å². The van der Waals surface area contributed by atoms with Crippen molar-refractivity contribution >= 4 is 10.9 Å². The SMILES string of the molecule is COc1ccc2c(Cc3cccc(-c4n[nH]c(=O)o4)n3)c(-c3ccccc3)[nH]c2c1. The zero-order valence-electron chi connectivity index (χ0n) is 16.2. The molecule has 5 aromatic rings. The third-order valence-corrected chi connectivity index (χ3v) is 5.00. The number of pyridine rings is 1. The fourth-order valence-electron chi connectivity index (χ4n) is 3.61. The first-order valence-electron chi connectivity index (χ1n) is 9.47. The molecule has 0 amide bonds. The number of nitrogens with one attached hydrogen (secondary N) is 2. The van der Waals surface area contributed by atoms with Crippen molar-refractivity contribution in [3.05, 3.63) is 88.5 Å². The predicted molar refractivity (Wildman–Crippen MR) is 113 cm³/mol. The van der Waals surface area contributed by atoms with E-state index < -0.39 is 5.76 Å². The Kier molecular flexibility index (Phi) is 4.40. The van der Waals surface area contributed by atoms with E-state index in [0.717, 1.165) is 39.2 Å². The minimum Gasteiger partial charge on any atom is -0.497 e. The van der Waals surface area contributed by atoms with Crippen molar-refractivity contribution in [1.82, 2.24) is 20.2 Å². The monoisotopic (exact) mass is 398 g/mol. The third kappa shape index (κ3) is 3.26. The van der Waals surface area contributed by atoms with Gasteiger partial charge in [-0.3, -0.25) is 0 Å². The molecule has 5 rings (SSSR count). The summed E-state index contributed by atoms with van der Waals surface area (Å²) in [5.74, 6) is 0.367. The van der Waals surface area contributed by atoms with E-state index in [-0.39, 0.29) is 5.89 Å². The summed E-state index contributed by atoms with van der Waals surface area (Å²) in [7, 11) is 1.66. The summed E-state index contributed by atoms with van der Waals surface area (Å²) in [5.41, 5.74) is 5.61. The number of ether oxygens (including phenoxy) is 1.